The Balaban J connectivity index is 3.15. The maximum Gasteiger partial charge on any atom is 0.314 e. The van der Waals surface area contributed by atoms with Gasteiger partial charge in [-0.2, -0.15) is 0 Å². The minimum Gasteiger partial charge on any atom is -0.396 e. The van der Waals surface area contributed by atoms with Crippen LogP contribution < -0.4 is 10.6 Å². The maximum absolute atomic E-state index is 10.7. The highest BCUT2D eigenvalue weighted by atomic mass is 16.3. The Morgan fingerprint density at radius 2 is 2.25 bits per heavy atom. The van der Waals surface area contributed by atoms with Gasteiger partial charge in [-0.25, -0.2) is 4.79 Å². The normalized spacial score (nSPS) is 12.2. The van der Waals surface area contributed by atoms with E-state index in [2.05, 4.69) is 10.6 Å². The minimum absolute atomic E-state index is 0.147. The molecule has 0 aliphatic heterocycles. The molecule has 0 aromatic rings. The molecule has 0 radical (unpaired) electrons. The first-order chi connectivity index (χ1) is 5.70. The third-order valence-electron chi connectivity index (χ3n) is 1.70. The summed E-state index contributed by atoms with van der Waals surface area (Å²) in [5.41, 5.74) is 0. The molecule has 0 heterocycles. The second-order valence-corrected chi connectivity index (χ2v) is 2.94. The first kappa shape index (κ1) is 11.2. The monoisotopic (exact) mass is 174 g/mol. The Labute approximate surface area is 73.3 Å². The number of aliphatic hydroxyl groups is 1. The lowest BCUT2D eigenvalue weighted by Gasteiger charge is -2.07. The molecular weight excluding hydrogens is 156 g/mol. The largest absolute Gasteiger partial charge is 0.396 e. The first-order valence-electron chi connectivity index (χ1n) is 4.27. The zero-order valence-corrected chi connectivity index (χ0v) is 7.76. The second kappa shape index (κ2) is 6.91. The third kappa shape index (κ3) is 5.97. The number of carbonyl (C=O) groups excluding carboxylic acids is 1. The number of hydrogen-bond acceptors (Lipinski definition) is 2. The lowest BCUT2D eigenvalue weighted by atomic mass is 10.1. The van der Waals surface area contributed by atoms with Gasteiger partial charge >= 0.3 is 6.03 Å². The fraction of sp³-hybridized carbons (Fsp3) is 0.875. The van der Waals surface area contributed by atoms with Crippen molar-refractivity contribution in [2.24, 2.45) is 5.92 Å². The van der Waals surface area contributed by atoms with Gasteiger partial charge in [-0.15, -0.1) is 0 Å². The number of hydrogen-bond donors (Lipinski definition) is 3. The van der Waals surface area contributed by atoms with Gasteiger partial charge < -0.3 is 15.7 Å². The van der Waals surface area contributed by atoms with Crippen molar-refractivity contribution in [3.63, 3.8) is 0 Å². The van der Waals surface area contributed by atoms with Gasteiger partial charge in [-0.1, -0.05) is 6.92 Å². The molecule has 0 saturated heterocycles. The number of nitrogens with one attached hydrogen (secondary N) is 2. The highest BCUT2D eigenvalue weighted by Crippen LogP contribution is 2.02. The van der Waals surface area contributed by atoms with Gasteiger partial charge in [-0.3, -0.25) is 0 Å². The Morgan fingerprint density at radius 1 is 1.58 bits per heavy atom. The summed E-state index contributed by atoms with van der Waals surface area (Å²) in [4.78, 5) is 10.7. The molecule has 0 saturated carbocycles. The van der Waals surface area contributed by atoms with E-state index in [0.717, 1.165) is 12.8 Å². The van der Waals surface area contributed by atoms with Crippen molar-refractivity contribution in [2.75, 3.05) is 20.2 Å². The molecule has 1 unspecified atom stereocenters. The Kier molecular flexibility index (Phi) is 6.47. The van der Waals surface area contributed by atoms with Crippen LogP contribution in [0.3, 0.4) is 0 Å². The zero-order chi connectivity index (χ0) is 9.40. The fourth-order valence-electron chi connectivity index (χ4n) is 0.832. The van der Waals surface area contributed by atoms with Crippen LogP contribution in [0, 0.1) is 5.92 Å². The number of aliphatic hydroxyl groups excluding tert-OH is 1. The number of carbonyl (C=O) groups is 1. The van der Waals surface area contributed by atoms with Gasteiger partial charge in [-0.05, 0) is 18.8 Å². The van der Waals surface area contributed by atoms with Crippen LogP contribution in [0.1, 0.15) is 19.8 Å². The van der Waals surface area contributed by atoms with Crippen LogP contribution in [0.25, 0.3) is 0 Å². The molecule has 4 heteroatoms. The van der Waals surface area contributed by atoms with E-state index in [9.17, 15) is 4.79 Å². The second-order valence-electron chi connectivity index (χ2n) is 2.94. The SMILES string of the molecule is CNC(=O)NCCCC(C)CO. The smallest absolute Gasteiger partial charge is 0.314 e. The highest BCUT2D eigenvalue weighted by Gasteiger charge is 1.99. The molecule has 1 atom stereocenters. The summed E-state index contributed by atoms with van der Waals surface area (Å²) in [6.07, 6.45) is 1.86. The van der Waals surface area contributed by atoms with Gasteiger partial charge in [0.15, 0.2) is 0 Å². The van der Waals surface area contributed by atoms with Crippen LogP contribution in [-0.4, -0.2) is 31.3 Å². The molecule has 3 N–H and O–H groups in total. The van der Waals surface area contributed by atoms with E-state index in [-0.39, 0.29) is 12.6 Å². The Hall–Kier alpha value is -0.770. The number of rotatable bonds is 5. The van der Waals surface area contributed by atoms with Gasteiger partial charge in [0.2, 0.25) is 0 Å². The van der Waals surface area contributed by atoms with E-state index in [0.29, 0.717) is 12.5 Å². The topological polar surface area (TPSA) is 61.4 Å². The lowest BCUT2D eigenvalue weighted by molar-refractivity contribution is 0.226. The third-order valence-corrected chi connectivity index (χ3v) is 1.70. The molecular formula is C8H18N2O2. The average Bonchev–Trinajstić information content (AvgIpc) is 2.11. The standard InChI is InChI=1S/C8H18N2O2/c1-7(6-11)4-3-5-10-8(12)9-2/h7,11H,3-6H2,1-2H3,(H2,9,10,12). The van der Waals surface area contributed by atoms with Gasteiger partial charge in [0, 0.05) is 20.2 Å². The van der Waals surface area contributed by atoms with E-state index >= 15 is 0 Å². The van der Waals surface area contributed by atoms with Crippen molar-refractivity contribution >= 4 is 6.03 Å². The van der Waals surface area contributed by atoms with Crippen LogP contribution >= 0.6 is 0 Å². The molecule has 2 amide bonds. The molecule has 0 aromatic heterocycles. The molecule has 4 nitrogen and oxygen atoms in total. The van der Waals surface area contributed by atoms with E-state index in [1.54, 1.807) is 7.05 Å². The van der Waals surface area contributed by atoms with Crippen LogP contribution in [0.15, 0.2) is 0 Å². The Bertz CT molecular complexity index is 128. The molecule has 0 aliphatic carbocycles. The molecule has 0 rings (SSSR count). The van der Waals surface area contributed by atoms with Crippen molar-refractivity contribution in [3.8, 4) is 0 Å². The summed E-state index contributed by atoms with van der Waals surface area (Å²) in [5, 5.41) is 13.8. The van der Waals surface area contributed by atoms with Crippen LogP contribution in [0.2, 0.25) is 0 Å². The van der Waals surface area contributed by atoms with Crippen molar-refractivity contribution in [3.05, 3.63) is 0 Å². The van der Waals surface area contributed by atoms with E-state index in [1.165, 1.54) is 0 Å². The maximum atomic E-state index is 10.7. The van der Waals surface area contributed by atoms with Crippen LogP contribution in [-0.2, 0) is 0 Å². The molecule has 0 aromatic carbocycles. The fourth-order valence-corrected chi connectivity index (χ4v) is 0.832. The number of urea groups is 1. The average molecular weight is 174 g/mol. The summed E-state index contributed by atoms with van der Waals surface area (Å²) in [6, 6.07) is -0.147. The van der Waals surface area contributed by atoms with Gasteiger partial charge in [0.1, 0.15) is 0 Å². The zero-order valence-electron chi connectivity index (χ0n) is 7.76. The molecule has 72 valence electrons. The first-order valence-corrected chi connectivity index (χ1v) is 4.27. The van der Waals surface area contributed by atoms with Crippen molar-refractivity contribution < 1.29 is 9.90 Å². The summed E-state index contributed by atoms with van der Waals surface area (Å²) in [7, 11) is 1.59. The molecule has 12 heavy (non-hydrogen) atoms. The molecule has 0 spiro atoms. The quantitative estimate of drug-likeness (QED) is 0.526. The van der Waals surface area contributed by atoms with Gasteiger partial charge in [0.05, 0.1) is 0 Å². The predicted molar refractivity (Wildman–Crippen MR) is 47.9 cm³/mol. The van der Waals surface area contributed by atoms with Crippen molar-refractivity contribution in [1.29, 1.82) is 0 Å². The van der Waals surface area contributed by atoms with Crippen molar-refractivity contribution in [2.45, 2.75) is 19.8 Å². The van der Waals surface area contributed by atoms with E-state index < -0.39 is 0 Å². The highest BCUT2D eigenvalue weighted by molar-refractivity contribution is 5.73. The predicted octanol–water partition coefficient (Wildman–Crippen LogP) is 0.324. The van der Waals surface area contributed by atoms with Crippen LogP contribution in [0.5, 0.6) is 0 Å². The Morgan fingerprint density at radius 3 is 2.75 bits per heavy atom. The summed E-state index contributed by atoms with van der Waals surface area (Å²) < 4.78 is 0. The molecule has 0 fully saturated rings. The number of amides is 2. The summed E-state index contributed by atoms with van der Waals surface area (Å²) in [5.74, 6) is 0.330. The van der Waals surface area contributed by atoms with Crippen LogP contribution in [0.4, 0.5) is 4.79 Å². The van der Waals surface area contributed by atoms with E-state index in [1.807, 2.05) is 6.92 Å². The molecule has 0 aliphatic rings. The van der Waals surface area contributed by atoms with Crippen molar-refractivity contribution in [1.82, 2.24) is 10.6 Å². The summed E-state index contributed by atoms with van der Waals surface area (Å²) >= 11 is 0. The van der Waals surface area contributed by atoms with Gasteiger partial charge in [0.25, 0.3) is 0 Å². The summed E-state index contributed by atoms with van der Waals surface area (Å²) in [6.45, 7) is 2.88. The van der Waals surface area contributed by atoms with E-state index in [4.69, 9.17) is 5.11 Å². The molecule has 0 bridgehead atoms. The lowest BCUT2D eigenvalue weighted by Crippen LogP contribution is -2.33. The minimum atomic E-state index is -0.147.